The first kappa shape index (κ1) is 19.7. The molecular weight excluding hydrogens is 350 g/mol. The summed E-state index contributed by atoms with van der Waals surface area (Å²) in [6.07, 6.45) is 8.47. The van der Waals surface area contributed by atoms with E-state index in [1.807, 2.05) is 37.3 Å². The zero-order valence-electron chi connectivity index (χ0n) is 16.5. The molecule has 5 nitrogen and oxygen atoms in total. The van der Waals surface area contributed by atoms with E-state index in [9.17, 15) is 0 Å². The standard InChI is InChI=1S/C23H27N3O2/c1-18-25-23(28-26-18)15-12-20-8-6-9-21(17-20)24-16-5-3-4-7-19-10-13-22(27-2)14-11-19/h6,8-15,17,24H,3-5,7,16H2,1-2H3/b15-12+. The lowest BCUT2D eigenvalue weighted by molar-refractivity contribution is 0.405. The fourth-order valence-corrected chi connectivity index (χ4v) is 2.96. The first-order valence-electron chi connectivity index (χ1n) is 9.68. The van der Waals surface area contributed by atoms with Crippen molar-refractivity contribution in [3.63, 3.8) is 0 Å². The zero-order chi connectivity index (χ0) is 19.6. The molecule has 146 valence electrons. The Morgan fingerprint density at radius 3 is 2.64 bits per heavy atom. The van der Waals surface area contributed by atoms with Gasteiger partial charge in [0.05, 0.1) is 7.11 Å². The van der Waals surface area contributed by atoms with Crippen molar-refractivity contribution in [3.05, 3.63) is 71.4 Å². The van der Waals surface area contributed by atoms with Crippen molar-refractivity contribution in [1.82, 2.24) is 10.1 Å². The Bertz CT molecular complexity index is 885. The fourth-order valence-electron chi connectivity index (χ4n) is 2.96. The molecule has 0 spiro atoms. The van der Waals surface area contributed by atoms with Gasteiger partial charge in [0.15, 0.2) is 5.82 Å². The molecule has 5 heteroatoms. The maximum Gasteiger partial charge on any atom is 0.250 e. The van der Waals surface area contributed by atoms with Crippen molar-refractivity contribution in [3.8, 4) is 5.75 Å². The van der Waals surface area contributed by atoms with Gasteiger partial charge in [-0.05, 0) is 67.7 Å². The molecule has 3 rings (SSSR count). The largest absolute Gasteiger partial charge is 0.497 e. The Morgan fingerprint density at radius 2 is 1.89 bits per heavy atom. The second kappa shape index (κ2) is 10.3. The molecule has 0 aliphatic carbocycles. The molecule has 0 aliphatic heterocycles. The van der Waals surface area contributed by atoms with Crippen molar-refractivity contribution in [1.29, 1.82) is 0 Å². The normalized spacial score (nSPS) is 11.1. The Morgan fingerprint density at radius 1 is 1.04 bits per heavy atom. The van der Waals surface area contributed by atoms with E-state index in [0.717, 1.165) is 36.4 Å². The highest BCUT2D eigenvalue weighted by molar-refractivity contribution is 5.68. The van der Waals surface area contributed by atoms with Crippen molar-refractivity contribution in [2.24, 2.45) is 0 Å². The highest BCUT2D eigenvalue weighted by atomic mass is 16.5. The minimum absolute atomic E-state index is 0.521. The topological polar surface area (TPSA) is 60.2 Å². The molecule has 2 aromatic carbocycles. The zero-order valence-corrected chi connectivity index (χ0v) is 16.5. The van der Waals surface area contributed by atoms with Gasteiger partial charge in [-0.2, -0.15) is 4.98 Å². The molecule has 1 N–H and O–H groups in total. The quantitative estimate of drug-likeness (QED) is 0.481. The van der Waals surface area contributed by atoms with Crippen LogP contribution in [0.25, 0.3) is 12.2 Å². The number of nitrogens with one attached hydrogen (secondary N) is 1. The van der Waals surface area contributed by atoms with E-state index in [2.05, 4.69) is 45.8 Å². The molecule has 0 fully saturated rings. The Kier molecular flexibility index (Phi) is 7.24. The van der Waals surface area contributed by atoms with Gasteiger partial charge < -0.3 is 14.6 Å². The van der Waals surface area contributed by atoms with E-state index in [1.54, 1.807) is 7.11 Å². The van der Waals surface area contributed by atoms with E-state index < -0.39 is 0 Å². The van der Waals surface area contributed by atoms with Gasteiger partial charge in [-0.25, -0.2) is 0 Å². The van der Waals surface area contributed by atoms with Crippen LogP contribution in [0.2, 0.25) is 0 Å². The van der Waals surface area contributed by atoms with Crippen molar-refractivity contribution in [2.45, 2.75) is 32.6 Å². The maximum absolute atomic E-state index is 5.19. The number of nitrogens with zero attached hydrogens (tertiary/aromatic N) is 2. The summed E-state index contributed by atoms with van der Waals surface area (Å²) < 4.78 is 10.3. The van der Waals surface area contributed by atoms with E-state index in [0.29, 0.717) is 11.7 Å². The summed E-state index contributed by atoms with van der Waals surface area (Å²) in [6.45, 7) is 2.78. The first-order valence-corrected chi connectivity index (χ1v) is 9.68. The number of anilines is 1. The van der Waals surface area contributed by atoms with Gasteiger partial charge in [-0.1, -0.05) is 35.8 Å². The average Bonchev–Trinajstić information content (AvgIpc) is 3.15. The number of hydrogen-bond acceptors (Lipinski definition) is 5. The molecule has 0 atom stereocenters. The number of benzene rings is 2. The lowest BCUT2D eigenvalue weighted by atomic mass is 10.1. The molecule has 0 saturated heterocycles. The summed E-state index contributed by atoms with van der Waals surface area (Å²) in [6, 6.07) is 16.7. The number of unbranched alkanes of at least 4 members (excludes halogenated alkanes) is 2. The molecule has 0 unspecified atom stereocenters. The highest BCUT2D eigenvalue weighted by Gasteiger charge is 1.99. The van der Waals surface area contributed by atoms with Crippen LogP contribution < -0.4 is 10.1 Å². The van der Waals surface area contributed by atoms with E-state index in [-0.39, 0.29) is 0 Å². The van der Waals surface area contributed by atoms with Gasteiger partial charge in [-0.3, -0.25) is 0 Å². The molecule has 0 bridgehead atoms. The van der Waals surface area contributed by atoms with Crippen molar-refractivity contribution < 1.29 is 9.26 Å². The number of aryl methyl sites for hydroxylation is 2. The van der Waals surface area contributed by atoms with E-state index in [1.165, 1.54) is 18.4 Å². The van der Waals surface area contributed by atoms with Crippen molar-refractivity contribution in [2.75, 3.05) is 19.0 Å². The van der Waals surface area contributed by atoms with Gasteiger partial charge >= 0.3 is 0 Å². The molecule has 1 aromatic heterocycles. The number of rotatable bonds is 10. The van der Waals surface area contributed by atoms with Gasteiger partial charge in [-0.15, -0.1) is 0 Å². The van der Waals surface area contributed by atoms with Gasteiger partial charge in [0.2, 0.25) is 0 Å². The third-order valence-corrected chi connectivity index (χ3v) is 4.48. The lowest BCUT2D eigenvalue weighted by Crippen LogP contribution is -2.01. The van der Waals surface area contributed by atoms with Gasteiger partial charge in [0, 0.05) is 18.3 Å². The number of ether oxygens (including phenoxy) is 1. The van der Waals surface area contributed by atoms with Crippen LogP contribution in [0.1, 0.15) is 42.1 Å². The monoisotopic (exact) mass is 377 g/mol. The minimum Gasteiger partial charge on any atom is -0.497 e. The summed E-state index contributed by atoms with van der Waals surface area (Å²) in [5.74, 6) is 2.08. The summed E-state index contributed by atoms with van der Waals surface area (Å²) in [5.41, 5.74) is 3.59. The summed E-state index contributed by atoms with van der Waals surface area (Å²) in [5, 5.41) is 7.28. The Hall–Kier alpha value is -3.08. The summed E-state index contributed by atoms with van der Waals surface area (Å²) in [7, 11) is 1.70. The number of methoxy groups -OCH3 is 1. The van der Waals surface area contributed by atoms with Crippen LogP contribution in [0.4, 0.5) is 5.69 Å². The molecule has 1 heterocycles. The molecule has 0 radical (unpaired) electrons. The molecular formula is C23H27N3O2. The summed E-state index contributed by atoms with van der Waals surface area (Å²) in [4.78, 5) is 4.17. The second-order valence-electron chi connectivity index (χ2n) is 6.72. The number of hydrogen-bond donors (Lipinski definition) is 1. The molecule has 0 saturated carbocycles. The molecule has 28 heavy (non-hydrogen) atoms. The predicted molar refractivity (Wildman–Crippen MR) is 113 cm³/mol. The van der Waals surface area contributed by atoms with Crippen LogP contribution in [-0.4, -0.2) is 23.8 Å². The predicted octanol–water partition coefficient (Wildman–Crippen LogP) is 5.38. The Balaban J connectivity index is 1.37. The average molecular weight is 377 g/mol. The van der Waals surface area contributed by atoms with Gasteiger partial charge in [0.25, 0.3) is 5.89 Å². The first-order chi connectivity index (χ1) is 13.7. The smallest absolute Gasteiger partial charge is 0.250 e. The SMILES string of the molecule is COc1ccc(CCCCCNc2cccc(/C=C/c3nc(C)no3)c2)cc1. The molecule has 0 amide bonds. The van der Waals surface area contributed by atoms with E-state index >= 15 is 0 Å². The van der Waals surface area contributed by atoms with Crippen LogP contribution in [0.15, 0.2) is 53.1 Å². The third kappa shape index (κ3) is 6.27. The van der Waals surface area contributed by atoms with Crippen LogP contribution in [0.3, 0.4) is 0 Å². The summed E-state index contributed by atoms with van der Waals surface area (Å²) >= 11 is 0. The van der Waals surface area contributed by atoms with Crippen molar-refractivity contribution >= 4 is 17.8 Å². The minimum atomic E-state index is 0.521. The third-order valence-electron chi connectivity index (χ3n) is 4.48. The fraction of sp³-hybridized carbons (Fsp3) is 0.304. The van der Waals surface area contributed by atoms with Crippen LogP contribution >= 0.6 is 0 Å². The maximum atomic E-state index is 5.19. The number of aromatic nitrogens is 2. The highest BCUT2D eigenvalue weighted by Crippen LogP contribution is 2.15. The second-order valence-corrected chi connectivity index (χ2v) is 6.72. The van der Waals surface area contributed by atoms with E-state index in [4.69, 9.17) is 9.26 Å². The van der Waals surface area contributed by atoms with Gasteiger partial charge in [0.1, 0.15) is 5.75 Å². The Labute approximate surface area is 166 Å². The van der Waals surface area contributed by atoms with Crippen LogP contribution in [0.5, 0.6) is 5.75 Å². The lowest BCUT2D eigenvalue weighted by Gasteiger charge is -2.07. The molecule has 0 aliphatic rings. The molecule has 3 aromatic rings. The van der Waals surface area contributed by atoms with Crippen LogP contribution in [0, 0.1) is 6.92 Å². The van der Waals surface area contributed by atoms with Crippen LogP contribution in [-0.2, 0) is 6.42 Å².